The monoisotopic (exact) mass is 317 g/mol. The largest absolute Gasteiger partial charge is 0.375 e. The van der Waals surface area contributed by atoms with Gasteiger partial charge in [-0.25, -0.2) is 0 Å². The topological polar surface area (TPSA) is 21.3 Å². The molecule has 1 fully saturated rings. The molecule has 4 heteroatoms. The van der Waals surface area contributed by atoms with E-state index in [1.54, 1.807) is 0 Å². The molecule has 2 heterocycles. The van der Waals surface area contributed by atoms with Gasteiger partial charge in [0.05, 0.1) is 9.39 Å². The van der Waals surface area contributed by atoms with Crippen LogP contribution in [-0.4, -0.2) is 18.2 Å². The van der Waals surface area contributed by atoms with Gasteiger partial charge < -0.3 is 10.1 Å². The van der Waals surface area contributed by atoms with Crippen molar-refractivity contribution < 1.29 is 4.74 Å². The van der Waals surface area contributed by atoms with Crippen LogP contribution in [0.15, 0.2) is 15.9 Å². The highest BCUT2D eigenvalue weighted by molar-refractivity contribution is 9.11. The Morgan fingerprint density at radius 1 is 1.53 bits per heavy atom. The lowest BCUT2D eigenvalue weighted by Crippen LogP contribution is -2.44. The Morgan fingerprint density at radius 3 is 2.88 bits per heavy atom. The number of rotatable bonds is 3. The first-order valence-electron chi connectivity index (χ1n) is 6.11. The summed E-state index contributed by atoms with van der Waals surface area (Å²) in [7, 11) is 0. The highest BCUT2D eigenvalue weighted by Crippen LogP contribution is 2.30. The van der Waals surface area contributed by atoms with Crippen molar-refractivity contribution in [2.45, 2.75) is 51.3 Å². The number of halogens is 1. The summed E-state index contributed by atoms with van der Waals surface area (Å²) in [5.41, 5.74) is 0.0195. The van der Waals surface area contributed by atoms with Crippen molar-refractivity contribution >= 4 is 27.3 Å². The molecule has 2 atom stereocenters. The zero-order chi connectivity index (χ0) is 12.5. The molecule has 0 bridgehead atoms. The molecule has 0 amide bonds. The molecule has 1 aromatic heterocycles. The highest BCUT2D eigenvalue weighted by Gasteiger charge is 2.29. The van der Waals surface area contributed by atoms with Crippen molar-refractivity contribution in [1.29, 1.82) is 0 Å². The second-order valence-electron chi connectivity index (χ2n) is 5.33. The Kier molecular flexibility index (Phi) is 4.29. The van der Waals surface area contributed by atoms with Gasteiger partial charge in [0, 0.05) is 23.6 Å². The van der Waals surface area contributed by atoms with Crippen LogP contribution in [-0.2, 0) is 4.74 Å². The van der Waals surface area contributed by atoms with Crippen LogP contribution in [0.3, 0.4) is 0 Å². The Labute approximate surface area is 116 Å². The second kappa shape index (κ2) is 5.39. The number of thiophene rings is 1. The summed E-state index contributed by atoms with van der Waals surface area (Å²) in [6.45, 7) is 7.45. The van der Waals surface area contributed by atoms with E-state index in [4.69, 9.17) is 4.74 Å². The van der Waals surface area contributed by atoms with Gasteiger partial charge in [-0.05, 0) is 61.7 Å². The molecular formula is C13H20BrNOS. The first kappa shape index (κ1) is 13.5. The van der Waals surface area contributed by atoms with Crippen molar-refractivity contribution in [1.82, 2.24) is 5.32 Å². The van der Waals surface area contributed by atoms with Gasteiger partial charge in [-0.15, -0.1) is 11.3 Å². The van der Waals surface area contributed by atoms with Gasteiger partial charge in [0.1, 0.15) is 0 Å². The minimum Gasteiger partial charge on any atom is -0.375 e. The smallest absolute Gasteiger partial charge is 0.0701 e. The lowest BCUT2D eigenvalue weighted by molar-refractivity contribution is -0.0639. The van der Waals surface area contributed by atoms with Crippen molar-refractivity contribution in [3.05, 3.63) is 20.8 Å². The van der Waals surface area contributed by atoms with Gasteiger partial charge in [-0.3, -0.25) is 0 Å². The lowest BCUT2D eigenvalue weighted by atomic mass is 9.93. The summed E-state index contributed by atoms with van der Waals surface area (Å²) in [5, 5.41) is 3.71. The molecule has 1 aromatic rings. The van der Waals surface area contributed by atoms with E-state index < -0.39 is 0 Å². The number of hydrogen-bond acceptors (Lipinski definition) is 3. The van der Waals surface area contributed by atoms with Crippen LogP contribution in [0.5, 0.6) is 0 Å². The fourth-order valence-corrected chi connectivity index (χ4v) is 3.81. The van der Waals surface area contributed by atoms with Crippen LogP contribution in [0.25, 0.3) is 0 Å². The van der Waals surface area contributed by atoms with Crippen molar-refractivity contribution in [3.8, 4) is 0 Å². The van der Waals surface area contributed by atoms with E-state index in [-0.39, 0.29) is 5.60 Å². The van der Waals surface area contributed by atoms with Gasteiger partial charge in [-0.2, -0.15) is 0 Å². The van der Waals surface area contributed by atoms with Crippen LogP contribution >= 0.6 is 27.3 Å². The number of ether oxygens (including phenoxy) is 1. The molecule has 96 valence electrons. The van der Waals surface area contributed by atoms with Crippen LogP contribution in [0.2, 0.25) is 0 Å². The highest BCUT2D eigenvalue weighted by atomic mass is 79.9. The van der Waals surface area contributed by atoms with E-state index in [9.17, 15) is 0 Å². The Balaban J connectivity index is 1.92. The minimum atomic E-state index is 0.0195. The molecule has 0 saturated carbocycles. The SMILES string of the molecule is CC(NC1CCOC(C)(C)C1)c1ccc(Br)s1. The van der Waals surface area contributed by atoms with E-state index in [0.29, 0.717) is 12.1 Å². The first-order chi connectivity index (χ1) is 7.96. The summed E-state index contributed by atoms with van der Waals surface area (Å²) in [6, 6.07) is 5.29. The molecule has 0 spiro atoms. The molecule has 1 aliphatic heterocycles. The average Bonchev–Trinajstić information content (AvgIpc) is 2.63. The molecule has 2 unspecified atom stereocenters. The van der Waals surface area contributed by atoms with E-state index in [0.717, 1.165) is 19.4 Å². The molecule has 2 rings (SSSR count). The molecule has 0 aromatic carbocycles. The summed E-state index contributed by atoms with van der Waals surface area (Å²) in [4.78, 5) is 1.39. The zero-order valence-electron chi connectivity index (χ0n) is 10.6. The standard InChI is InChI=1S/C13H20BrNOS/c1-9(11-4-5-12(14)17-11)15-10-6-7-16-13(2,3)8-10/h4-5,9-10,15H,6-8H2,1-3H3. The average molecular weight is 318 g/mol. The molecule has 2 nitrogen and oxygen atoms in total. The van der Waals surface area contributed by atoms with Gasteiger partial charge in [0.25, 0.3) is 0 Å². The predicted molar refractivity (Wildman–Crippen MR) is 76.6 cm³/mol. The summed E-state index contributed by atoms with van der Waals surface area (Å²) in [6.07, 6.45) is 2.20. The van der Waals surface area contributed by atoms with Gasteiger partial charge in [0.15, 0.2) is 0 Å². The number of nitrogens with one attached hydrogen (secondary N) is 1. The Hall–Kier alpha value is 0.1000. The predicted octanol–water partition coefficient (Wildman–Crippen LogP) is 4.12. The molecular weight excluding hydrogens is 298 g/mol. The first-order valence-corrected chi connectivity index (χ1v) is 7.72. The molecule has 1 aliphatic rings. The van der Waals surface area contributed by atoms with E-state index >= 15 is 0 Å². The number of hydrogen-bond donors (Lipinski definition) is 1. The van der Waals surface area contributed by atoms with E-state index in [2.05, 4.69) is 54.2 Å². The van der Waals surface area contributed by atoms with Crippen LogP contribution < -0.4 is 5.32 Å². The van der Waals surface area contributed by atoms with Gasteiger partial charge >= 0.3 is 0 Å². The van der Waals surface area contributed by atoms with Crippen molar-refractivity contribution in [2.75, 3.05) is 6.61 Å². The maximum Gasteiger partial charge on any atom is 0.0701 e. The molecule has 0 radical (unpaired) electrons. The van der Waals surface area contributed by atoms with E-state index in [1.165, 1.54) is 8.66 Å². The maximum absolute atomic E-state index is 5.74. The zero-order valence-corrected chi connectivity index (χ0v) is 13.0. The molecule has 17 heavy (non-hydrogen) atoms. The minimum absolute atomic E-state index is 0.0195. The third-order valence-electron chi connectivity index (χ3n) is 3.20. The van der Waals surface area contributed by atoms with Crippen LogP contribution in [0, 0.1) is 0 Å². The third kappa shape index (κ3) is 3.78. The quantitative estimate of drug-likeness (QED) is 0.905. The molecule has 0 aliphatic carbocycles. The summed E-state index contributed by atoms with van der Waals surface area (Å²) in [5.74, 6) is 0. The van der Waals surface area contributed by atoms with Crippen molar-refractivity contribution in [2.24, 2.45) is 0 Å². The van der Waals surface area contributed by atoms with Crippen molar-refractivity contribution in [3.63, 3.8) is 0 Å². The summed E-state index contributed by atoms with van der Waals surface area (Å²) >= 11 is 5.32. The normalized spacial score (nSPS) is 25.8. The summed E-state index contributed by atoms with van der Waals surface area (Å²) < 4.78 is 6.94. The van der Waals surface area contributed by atoms with E-state index in [1.807, 2.05) is 11.3 Å². The van der Waals surface area contributed by atoms with Gasteiger partial charge in [0.2, 0.25) is 0 Å². The fourth-order valence-electron chi connectivity index (χ4n) is 2.37. The third-order valence-corrected chi connectivity index (χ3v) is 5.01. The van der Waals surface area contributed by atoms with Crippen LogP contribution in [0.4, 0.5) is 0 Å². The molecule has 1 N–H and O–H groups in total. The van der Waals surface area contributed by atoms with Gasteiger partial charge in [-0.1, -0.05) is 0 Å². The maximum atomic E-state index is 5.74. The Morgan fingerprint density at radius 2 is 2.29 bits per heavy atom. The lowest BCUT2D eigenvalue weighted by Gasteiger charge is -2.37. The Bertz CT molecular complexity index is 377. The second-order valence-corrected chi connectivity index (χ2v) is 7.82. The fraction of sp³-hybridized carbons (Fsp3) is 0.692. The van der Waals surface area contributed by atoms with Crippen LogP contribution in [0.1, 0.15) is 44.5 Å². The molecule has 1 saturated heterocycles.